The van der Waals surface area contributed by atoms with Crippen molar-refractivity contribution in [1.82, 2.24) is 9.62 Å². The van der Waals surface area contributed by atoms with Gasteiger partial charge in [0.05, 0.1) is 6.26 Å². The number of nitrogens with one attached hydrogen (secondary N) is 1. The van der Waals surface area contributed by atoms with Gasteiger partial charge >= 0.3 is 0 Å². The fraction of sp³-hybridized carbons (Fsp3) is 1.00. The molecule has 0 saturated carbocycles. The molecule has 1 heterocycles. The van der Waals surface area contributed by atoms with Crippen molar-refractivity contribution in [2.75, 3.05) is 32.9 Å². The van der Waals surface area contributed by atoms with E-state index in [0.29, 0.717) is 6.54 Å². The zero-order valence-electron chi connectivity index (χ0n) is 9.21. The van der Waals surface area contributed by atoms with E-state index < -0.39 is 10.0 Å². The number of hydrogen-bond acceptors (Lipinski definition) is 3. The molecule has 4 nitrogen and oxygen atoms in total. The maximum Gasteiger partial charge on any atom is 0.208 e. The van der Waals surface area contributed by atoms with E-state index in [1.165, 1.54) is 6.26 Å². The van der Waals surface area contributed by atoms with E-state index in [9.17, 15) is 8.42 Å². The molecule has 0 aliphatic carbocycles. The van der Waals surface area contributed by atoms with Gasteiger partial charge in [-0.1, -0.05) is 6.92 Å². The summed E-state index contributed by atoms with van der Waals surface area (Å²) in [5.41, 5.74) is 0.135. The fourth-order valence-electron chi connectivity index (χ4n) is 1.64. The van der Waals surface area contributed by atoms with Gasteiger partial charge in [0.2, 0.25) is 10.0 Å². The first-order valence-corrected chi connectivity index (χ1v) is 6.83. The van der Waals surface area contributed by atoms with Gasteiger partial charge < -0.3 is 4.90 Å². The van der Waals surface area contributed by atoms with Crippen molar-refractivity contribution in [2.45, 2.75) is 19.8 Å². The molecule has 1 rings (SSSR count). The highest BCUT2D eigenvalue weighted by Gasteiger charge is 2.29. The Kier molecular flexibility index (Phi) is 3.55. The minimum atomic E-state index is -3.04. The van der Waals surface area contributed by atoms with Crippen molar-refractivity contribution in [2.24, 2.45) is 5.41 Å². The standard InChI is InChI=1S/C9H20N2O2S/c1-9(8-10-14(3,12)13)4-6-11(2)7-5-9/h10H,4-8H2,1-3H3. The van der Waals surface area contributed by atoms with Crippen LogP contribution < -0.4 is 4.72 Å². The first kappa shape index (κ1) is 11.9. The van der Waals surface area contributed by atoms with Gasteiger partial charge in [-0.15, -0.1) is 0 Å². The van der Waals surface area contributed by atoms with Crippen LogP contribution in [-0.2, 0) is 10.0 Å². The van der Waals surface area contributed by atoms with Gasteiger partial charge in [0.1, 0.15) is 0 Å². The van der Waals surface area contributed by atoms with Crippen LogP contribution in [0.4, 0.5) is 0 Å². The van der Waals surface area contributed by atoms with Crippen LogP contribution in [0.2, 0.25) is 0 Å². The van der Waals surface area contributed by atoms with E-state index in [1.54, 1.807) is 0 Å². The largest absolute Gasteiger partial charge is 0.306 e. The van der Waals surface area contributed by atoms with Crippen LogP contribution in [-0.4, -0.2) is 46.3 Å². The summed E-state index contributed by atoms with van der Waals surface area (Å²) in [5, 5.41) is 0. The Labute approximate surface area is 86.7 Å². The average molecular weight is 220 g/mol. The molecular formula is C9H20N2O2S. The third-order valence-corrected chi connectivity index (χ3v) is 3.62. The molecule has 0 aromatic rings. The molecule has 14 heavy (non-hydrogen) atoms. The summed E-state index contributed by atoms with van der Waals surface area (Å²) in [6.07, 6.45) is 3.34. The van der Waals surface area contributed by atoms with Gasteiger partial charge in [-0.05, 0) is 38.4 Å². The first-order valence-electron chi connectivity index (χ1n) is 4.94. The summed E-state index contributed by atoms with van der Waals surface area (Å²) in [6.45, 7) is 4.84. The van der Waals surface area contributed by atoms with Crippen LogP contribution in [0, 0.1) is 5.41 Å². The summed E-state index contributed by atoms with van der Waals surface area (Å²) < 4.78 is 24.5. The van der Waals surface area contributed by atoms with Gasteiger partial charge in [0.15, 0.2) is 0 Å². The number of hydrogen-bond donors (Lipinski definition) is 1. The van der Waals surface area contributed by atoms with E-state index in [1.807, 2.05) is 0 Å². The molecular weight excluding hydrogens is 200 g/mol. The summed E-state index contributed by atoms with van der Waals surface area (Å²) in [4.78, 5) is 2.28. The maximum absolute atomic E-state index is 11.0. The number of rotatable bonds is 3. The Bertz CT molecular complexity index is 279. The SMILES string of the molecule is CN1CCC(C)(CNS(C)(=O)=O)CC1. The second kappa shape index (κ2) is 4.16. The zero-order chi connectivity index (χ0) is 10.8. The molecule has 1 aliphatic rings. The van der Waals surface area contributed by atoms with Crippen molar-refractivity contribution in [3.05, 3.63) is 0 Å². The second-order valence-electron chi connectivity index (χ2n) is 4.71. The highest BCUT2D eigenvalue weighted by Crippen LogP contribution is 2.29. The third kappa shape index (κ3) is 3.94. The van der Waals surface area contributed by atoms with Crippen LogP contribution in [0.1, 0.15) is 19.8 Å². The lowest BCUT2D eigenvalue weighted by Gasteiger charge is -2.37. The molecule has 0 radical (unpaired) electrons. The average Bonchev–Trinajstić information content (AvgIpc) is 2.07. The summed E-state index contributed by atoms with van der Waals surface area (Å²) in [6, 6.07) is 0. The monoisotopic (exact) mass is 220 g/mol. The topological polar surface area (TPSA) is 49.4 Å². The second-order valence-corrected chi connectivity index (χ2v) is 6.54. The first-order chi connectivity index (χ1) is 6.31. The van der Waals surface area contributed by atoms with Crippen LogP contribution in [0.3, 0.4) is 0 Å². The van der Waals surface area contributed by atoms with Crippen molar-refractivity contribution < 1.29 is 8.42 Å². The van der Waals surface area contributed by atoms with Crippen LogP contribution in [0.25, 0.3) is 0 Å². The summed E-state index contributed by atoms with van der Waals surface area (Å²) in [7, 11) is -0.938. The van der Waals surface area contributed by atoms with Crippen molar-refractivity contribution in [3.8, 4) is 0 Å². The molecule has 0 unspecified atom stereocenters. The van der Waals surface area contributed by atoms with Gasteiger partial charge in [0.25, 0.3) is 0 Å². The van der Waals surface area contributed by atoms with E-state index in [2.05, 4.69) is 23.6 Å². The molecule has 84 valence electrons. The Hall–Kier alpha value is -0.130. The molecule has 1 N–H and O–H groups in total. The van der Waals surface area contributed by atoms with Crippen molar-refractivity contribution in [1.29, 1.82) is 0 Å². The molecule has 1 saturated heterocycles. The van der Waals surface area contributed by atoms with E-state index in [0.717, 1.165) is 25.9 Å². The Morgan fingerprint density at radius 3 is 2.29 bits per heavy atom. The highest BCUT2D eigenvalue weighted by molar-refractivity contribution is 7.88. The number of likely N-dealkylation sites (tertiary alicyclic amines) is 1. The predicted octanol–water partition coefficient (Wildman–Crippen LogP) is 0.267. The van der Waals surface area contributed by atoms with Gasteiger partial charge in [0, 0.05) is 6.54 Å². The smallest absolute Gasteiger partial charge is 0.208 e. The molecule has 0 spiro atoms. The van der Waals surface area contributed by atoms with Gasteiger partial charge in [-0.3, -0.25) is 0 Å². The number of sulfonamides is 1. The molecule has 5 heteroatoms. The van der Waals surface area contributed by atoms with Crippen LogP contribution >= 0.6 is 0 Å². The minimum absolute atomic E-state index is 0.135. The Balaban J connectivity index is 2.43. The highest BCUT2D eigenvalue weighted by atomic mass is 32.2. The Morgan fingerprint density at radius 2 is 1.86 bits per heavy atom. The van der Waals surface area contributed by atoms with E-state index >= 15 is 0 Å². The third-order valence-electron chi connectivity index (χ3n) is 2.96. The van der Waals surface area contributed by atoms with Gasteiger partial charge in [-0.25, -0.2) is 13.1 Å². The van der Waals surface area contributed by atoms with Crippen LogP contribution in [0.5, 0.6) is 0 Å². The lowest BCUT2D eigenvalue weighted by atomic mass is 9.81. The quantitative estimate of drug-likeness (QED) is 0.742. The molecule has 0 aromatic carbocycles. The van der Waals surface area contributed by atoms with Crippen molar-refractivity contribution >= 4 is 10.0 Å². The van der Waals surface area contributed by atoms with Crippen LogP contribution in [0.15, 0.2) is 0 Å². The molecule has 0 atom stereocenters. The number of nitrogens with zero attached hydrogens (tertiary/aromatic N) is 1. The van der Waals surface area contributed by atoms with Gasteiger partial charge in [-0.2, -0.15) is 0 Å². The molecule has 0 amide bonds. The number of piperidine rings is 1. The fourth-order valence-corrected chi connectivity index (χ4v) is 2.25. The zero-order valence-corrected chi connectivity index (χ0v) is 10.0. The maximum atomic E-state index is 11.0. The van der Waals surface area contributed by atoms with Crippen molar-refractivity contribution in [3.63, 3.8) is 0 Å². The molecule has 1 fully saturated rings. The Morgan fingerprint density at radius 1 is 1.36 bits per heavy atom. The predicted molar refractivity (Wildman–Crippen MR) is 57.7 cm³/mol. The minimum Gasteiger partial charge on any atom is -0.306 e. The molecule has 0 bridgehead atoms. The molecule has 1 aliphatic heterocycles. The lowest BCUT2D eigenvalue weighted by Crippen LogP contribution is -2.43. The summed E-state index contributed by atoms with van der Waals surface area (Å²) >= 11 is 0. The lowest BCUT2D eigenvalue weighted by molar-refractivity contribution is 0.143. The summed E-state index contributed by atoms with van der Waals surface area (Å²) in [5.74, 6) is 0. The van der Waals surface area contributed by atoms with E-state index in [4.69, 9.17) is 0 Å². The van der Waals surface area contributed by atoms with E-state index in [-0.39, 0.29) is 5.41 Å². The normalized spacial score (nSPS) is 23.6. The molecule has 0 aromatic heterocycles.